The van der Waals surface area contributed by atoms with Crippen molar-refractivity contribution in [3.63, 3.8) is 0 Å². The second kappa shape index (κ2) is 17.7. The Morgan fingerprint density at radius 2 is 1.05 bits per heavy atom. The summed E-state index contributed by atoms with van der Waals surface area (Å²) in [6.45, 7) is 9.16. The number of aromatic nitrogens is 4. The highest BCUT2D eigenvalue weighted by atomic mass is 16.5. The maximum atomic E-state index is 12.3. The minimum Gasteiger partial charge on any atom is -0.478 e. The van der Waals surface area contributed by atoms with Gasteiger partial charge in [-0.3, -0.25) is 9.59 Å². The third-order valence-corrected chi connectivity index (χ3v) is 10.7. The van der Waals surface area contributed by atoms with E-state index in [1.807, 2.05) is 74.8 Å². The zero-order valence-corrected chi connectivity index (χ0v) is 34.0. The topological polar surface area (TPSA) is 228 Å². The molecule has 60 heavy (non-hydrogen) atoms. The third kappa shape index (κ3) is 8.88. The number of aryl methyl sites for hydroxylation is 2. The van der Waals surface area contributed by atoms with E-state index < -0.39 is 0 Å². The van der Waals surface area contributed by atoms with Crippen LogP contribution in [0.3, 0.4) is 0 Å². The highest BCUT2D eigenvalue weighted by Crippen LogP contribution is 2.40. The smallest absolute Gasteiger partial charge is 0.230 e. The summed E-state index contributed by atoms with van der Waals surface area (Å²) < 4.78 is 11.0. The molecule has 14 nitrogen and oxygen atoms in total. The van der Waals surface area contributed by atoms with Crippen LogP contribution in [0.2, 0.25) is 0 Å². The predicted molar refractivity (Wildman–Crippen MR) is 232 cm³/mol. The van der Waals surface area contributed by atoms with Gasteiger partial charge in [-0.15, -0.1) is 0 Å². The molecule has 6 N–H and O–H groups in total. The summed E-state index contributed by atoms with van der Waals surface area (Å²) in [4.78, 5) is 41.9. The van der Waals surface area contributed by atoms with Crippen LogP contribution >= 0.6 is 0 Å². The molecule has 14 heteroatoms. The van der Waals surface area contributed by atoms with Gasteiger partial charge < -0.3 is 31.6 Å². The molecule has 304 valence electrons. The zero-order chi connectivity index (χ0) is 42.5. The van der Waals surface area contributed by atoms with Crippen molar-refractivity contribution < 1.29 is 19.1 Å². The number of benzene rings is 2. The van der Waals surface area contributed by atoms with Crippen molar-refractivity contribution in [2.24, 2.45) is 23.7 Å². The number of ether oxygens (including phenoxy) is 2. The van der Waals surface area contributed by atoms with E-state index >= 15 is 0 Å². The molecule has 2 amide bonds. The molecule has 0 saturated heterocycles. The van der Waals surface area contributed by atoms with Gasteiger partial charge >= 0.3 is 0 Å². The summed E-state index contributed by atoms with van der Waals surface area (Å²) in [5, 5.41) is 26.8. The highest BCUT2D eigenvalue weighted by Gasteiger charge is 2.44. The Bertz CT molecular complexity index is 2520. The molecule has 2 saturated carbocycles. The summed E-state index contributed by atoms with van der Waals surface area (Å²) in [6.07, 6.45) is 9.82. The molecule has 0 spiro atoms. The zero-order valence-electron chi connectivity index (χ0n) is 34.0. The molecule has 0 aliphatic heterocycles. The SMILES string of the molecule is CCOc1cc(CC)c(-c2cc(N)c3cnc(NC(=O)[C@@H]4C[C@H]4C#N)cc3c2)cn1.CCOc1cc(CC)c(-c2cc(N)c3cnc(NC(=O)[C@H]4C[C@@H]4C#N)cc3c2)cn1. The molecule has 4 atom stereocenters. The van der Waals surface area contributed by atoms with Crippen LogP contribution in [0.1, 0.15) is 51.7 Å². The normalized spacial score (nSPS) is 17.4. The van der Waals surface area contributed by atoms with Crippen LogP contribution in [0.5, 0.6) is 11.8 Å². The molecule has 8 rings (SSSR count). The first-order valence-electron chi connectivity index (χ1n) is 20.1. The van der Waals surface area contributed by atoms with E-state index in [2.05, 4.69) is 56.6 Å². The Hall–Kier alpha value is -7.32. The first-order valence-corrected chi connectivity index (χ1v) is 20.1. The van der Waals surface area contributed by atoms with Gasteiger partial charge in [-0.25, -0.2) is 19.9 Å². The Balaban J connectivity index is 0.000000181. The summed E-state index contributed by atoms with van der Waals surface area (Å²) in [5.74, 6) is 0.925. The number of nitrogens with zero attached hydrogens (tertiary/aromatic N) is 6. The van der Waals surface area contributed by atoms with Crippen LogP contribution in [-0.2, 0) is 22.4 Å². The third-order valence-electron chi connectivity index (χ3n) is 10.7. The second-order valence-electron chi connectivity index (χ2n) is 14.8. The van der Waals surface area contributed by atoms with Crippen molar-refractivity contribution in [1.82, 2.24) is 19.9 Å². The van der Waals surface area contributed by atoms with Gasteiger partial charge in [0.15, 0.2) is 0 Å². The van der Waals surface area contributed by atoms with Crippen molar-refractivity contribution in [2.45, 2.75) is 53.4 Å². The Labute approximate surface area is 348 Å². The number of hydrogen-bond acceptors (Lipinski definition) is 12. The van der Waals surface area contributed by atoms with Gasteiger partial charge in [0.2, 0.25) is 23.6 Å². The van der Waals surface area contributed by atoms with Crippen LogP contribution in [0.25, 0.3) is 43.8 Å². The molecule has 2 aliphatic rings. The maximum absolute atomic E-state index is 12.3. The lowest BCUT2D eigenvalue weighted by atomic mass is 9.97. The van der Waals surface area contributed by atoms with Crippen LogP contribution in [-0.4, -0.2) is 45.0 Å². The summed E-state index contributed by atoms with van der Waals surface area (Å²) in [7, 11) is 0. The molecule has 4 heterocycles. The molecule has 4 aromatic heterocycles. The fourth-order valence-corrected chi connectivity index (χ4v) is 7.22. The lowest BCUT2D eigenvalue weighted by Crippen LogP contribution is -2.15. The van der Waals surface area contributed by atoms with Gasteiger partial charge in [0.05, 0.1) is 49.0 Å². The van der Waals surface area contributed by atoms with Gasteiger partial charge in [0, 0.05) is 70.2 Å². The number of amides is 2. The average molecular weight is 803 g/mol. The van der Waals surface area contributed by atoms with Crippen LogP contribution in [0, 0.1) is 46.3 Å². The van der Waals surface area contributed by atoms with Gasteiger partial charge in [-0.05, 0) is 109 Å². The molecular weight excluding hydrogens is 757 g/mol. The molecule has 2 aromatic carbocycles. The monoisotopic (exact) mass is 802 g/mol. The van der Waals surface area contributed by atoms with Gasteiger partial charge in [0.25, 0.3) is 0 Å². The number of nitrogen functional groups attached to an aromatic ring is 2. The van der Waals surface area contributed by atoms with Crippen molar-refractivity contribution in [3.8, 4) is 46.2 Å². The number of pyridine rings is 4. The fraction of sp³-hybridized carbons (Fsp3) is 0.304. The number of anilines is 4. The second-order valence-corrected chi connectivity index (χ2v) is 14.8. The summed E-state index contributed by atoms with van der Waals surface area (Å²) in [5.41, 5.74) is 19.9. The number of nitrogens with one attached hydrogen (secondary N) is 2. The lowest BCUT2D eigenvalue weighted by Gasteiger charge is -2.13. The van der Waals surface area contributed by atoms with Crippen LogP contribution in [0.15, 0.2) is 73.3 Å². The largest absolute Gasteiger partial charge is 0.478 e. The number of nitriles is 2. The maximum Gasteiger partial charge on any atom is 0.230 e. The van der Waals surface area contributed by atoms with Crippen molar-refractivity contribution in [1.29, 1.82) is 10.5 Å². The van der Waals surface area contributed by atoms with Gasteiger partial charge in [-0.2, -0.15) is 10.5 Å². The van der Waals surface area contributed by atoms with E-state index in [-0.39, 0.29) is 35.5 Å². The quantitative estimate of drug-likeness (QED) is 0.0867. The van der Waals surface area contributed by atoms with Crippen molar-refractivity contribution in [2.75, 3.05) is 35.3 Å². The van der Waals surface area contributed by atoms with E-state index in [4.69, 9.17) is 31.5 Å². The minimum absolute atomic E-state index is 0.165. The molecular formula is C46H46N10O4. The van der Waals surface area contributed by atoms with Crippen molar-refractivity contribution in [3.05, 3.63) is 84.4 Å². The molecule has 0 unspecified atom stereocenters. The molecule has 6 aromatic rings. The number of nitrogens with two attached hydrogens (primary N) is 2. The van der Waals surface area contributed by atoms with Crippen LogP contribution < -0.4 is 31.6 Å². The first-order chi connectivity index (χ1) is 29.1. The van der Waals surface area contributed by atoms with E-state index in [0.717, 1.165) is 67.8 Å². The predicted octanol–water partition coefficient (Wildman–Crippen LogP) is 7.88. The highest BCUT2D eigenvalue weighted by molar-refractivity contribution is 6.01. The van der Waals surface area contributed by atoms with Gasteiger partial charge in [-0.1, -0.05) is 13.8 Å². The van der Waals surface area contributed by atoms with Crippen molar-refractivity contribution >= 4 is 56.4 Å². The van der Waals surface area contributed by atoms with Gasteiger partial charge in [0.1, 0.15) is 11.6 Å². The summed E-state index contributed by atoms with van der Waals surface area (Å²) >= 11 is 0. The first kappa shape index (κ1) is 40.9. The standard InChI is InChI=1S/2C23H23N5O2/c2*1-3-13-9-22(30-4-2)27-11-18(13)14-5-15-8-21(26-12-19(15)20(25)7-14)28-23(29)17-6-16(17)10-24/h2*5,7-9,11-12,16-17H,3-4,6,25H2,1-2H3,(H,26,28,29)/t2*16-,17+/m10/s1. The number of carbonyl (C=O) groups excluding carboxylic acids is 2. The lowest BCUT2D eigenvalue weighted by molar-refractivity contribution is -0.118. The van der Waals surface area contributed by atoms with E-state index in [1.54, 1.807) is 12.4 Å². The Kier molecular flexibility index (Phi) is 12.0. The minimum atomic E-state index is -0.244. The molecule has 0 bridgehead atoms. The van der Waals surface area contributed by atoms with E-state index in [0.29, 0.717) is 60.8 Å². The fourth-order valence-electron chi connectivity index (χ4n) is 7.22. The molecule has 2 fully saturated rings. The number of carbonyl (C=O) groups is 2. The summed E-state index contributed by atoms with van der Waals surface area (Å²) in [6, 6.07) is 19.7. The van der Waals surface area contributed by atoms with E-state index in [9.17, 15) is 9.59 Å². The Morgan fingerprint density at radius 3 is 1.40 bits per heavy atom. The molecule has 0 radical (unpaired) electrons. The average Bonchev–Trinajstić information content (AvgIpc) is 4.19. The number of fused-ring (bicyclic) bond motifs is 2. The number of rotatable bonds is 12. The Morgan fingerprint density at radius 1 is 0.633 bits per heavy atom. The van der Waals surface area contributed by atoms with Crippen LogP contribution in [0.4, 0.5) is 23.0 Å². The molecule has 2 aliphatic carbocycles. The van der Waals surface area contributed by atoms with E-state index in [1.165, 1.54) is 0 Å². The number of hydrogen-bond donors (Lipinski definition) is 4.